The van der Waals surface area contributed by atoms with Crippen LogP contribution < -0.4 is 5.32 Å². The Morgan fingerprint density at radius 1 is 0.259 bits per heavy atom. The number of carbonyl (C=O) groups excluding carboxylic acids is 20. The zero-order valence-electron chi connectivity index (χ0n) is 90.8. The van der Waals surface area contributed by atoms with Crippen LogP contribution in [0.2, 0.25) is 0 Å². The second-order valence-corrected chi connectivity index (χ2v) is 45.3. The van der Waals surface area contributed by atoms with Gasteiger partial charge < -0.3 is 83.6 Å². The summed E-state index contributed by atoms with van der Waals surface area (Å²) in [5, 5.41) is 2.72. The number of hydrogen-bond donors (Lipinski definition) is 1. The molecule has 0 aromatic carbocycles. The molecule has 0 saturated carbocycles. The number of nitrogens with zero attached hydrogens (tertiary/aromatic N) is 15. The Bertz CT molecular complexity index is 4160. The van der Waals surface area contributed by atoms with E-state index in [2.05, 4.69) is 5.32 Å². The summed E-state index contributed by atoms with van der Waals surface area (Å²) >= 11 is 8.39. The van der Waals surface area contributed by atoms with Crippen LogP contribution in [0.3, 0.4) is 0 Å². The molecule has 16 amide bonds. The van der Waals surface area contributed by atoms with E-state index in [1.54, 1.807) is 76.9 Å². The molecule has 0 bridgehead atoms. The van der Waals surface area contributed by atoms with E-state index in [9.17, 15) is 52.7 Å². The van der Waals surface area contributed by atoms with E-state index in [0.717, 1.165) is 0 Å². The third-order valence-corrected chi connectivity index (χ3v) is 28.0. The minimum Gasteiger partial charge on any atom is -0.460 e. The summed E-state index contributed by atoms with van der Waals surface area (Å²) in [4.78, 5) is 309. The number of nitrogens with one attached hydrogen (secondary N) is 1. The van der Waals surface area contributed by atoms with Crippen LogP contribution in [0.5, 0.6) is 0 Å². The highest BCUT2D eigenvalue weighted by Gasteiger charge is 2.48. The number of rotatable bonds is 61. The molecule has 1 N–H and O–H groups in total. The number of thiocarbonyl (C=S) groups is 1. The van der Waals surface area contributed by atoms with Gasteiger partial charge >= 0.3 is 5.97 Å². The Kier molecular flexibility index (Phi) is 57.5. The van der Waals surface area contributed by atoms with Crippen molar-refractivity contribution in [2.45, 2.75) is 188 Å². The molecule has 0 aliphatic rings. The average Bonchev–Trinajstić information content (AvgIpc) is 0.795. The number of amides is 16. The van der Waals surface area contributed by atoms with Crippen LogP contribution in [0, 0.1) is 94.2 Å². The van der Waals surface area contributed by atoms with Gasteiger partial charge in [-0.25, -0.2) is 0 Å². The van der Waals surface area contributed by atoms with Gasteiger partial charge in [0, 0.05) is 351 Å². The van der Waals surface area contributed by atoms with Crippen molar-refractivity contribution in [3.05, 3.63) is 0 Å². The maximum atomic E-state index is 15.2. The normalized spacial score (nSPS) is 14.7. The molecule has 0 heterocycles. The van der Waals surface area contributed by atoms with Gasteiger partial charge in [-0.2, -0.15) is 0 Å². The molecule has 0 aromatic rings. The standard InChI is InChI=1S/C99H174N16O21S3/c1-37-138-97(137)139-61-75(95(134)114(33)34)59-73(93(132)112(29)30)57-71(91(130)110(25)26)55-69(89(128)108(21)22)53-67(87(126)106(17)18)51-65(85(124)104(13)14)49-63(83(122)102(9)10)47-62(82(121)101(7)8)48-64(84(123)103(11)12)50-66(86(125)105(15)16)52-68(88(127)107(19)20)54-70(90(129)109(23)24)56-72(92(131)111(27)28)58-74(94(133)113(31)32)60-78(96(135)115(35)36)99(5,6)79(118)39-38-46-100-80(119)44-42-76(116)40-41-77(117)43-45-81(120)136-98(2,3)4/h62-75,78H,37-61H2,1-36H3,(H,100,119). The van der Waals surface area contributed by atoms with Crippen LogP contribution in [0.4, 0.5) is 0 Å². The summed E-state index contributed by atoms with van der Waals surface area (Å²) in [6, 6.07) is 0. The molecule has 37 nitrogen and oxygen atoms in total. The Labute approximate surface area is 843 Å². The van der Waals surface area contributed by atoms with Crippen molar-refractivity contribution < 1.29 is 101 Å². The van der Waals surface area contributed by atoms with Gasteiger partial charge in [-0.1, -0.05) is 33.0 Å². The lowest BCUT2D eigenvalue weighted by atomic mass is 9.68. The van der Waals surface area contributed by atoms with Crippen LogP contribution in [0.25, 0.3) is 0 Å². The first-order valence-electron chi connectivity index (χ1n) is 47.9. The van der Waals surface area contributed by atoms with Crippen molar-refractivity contribution >= 4 is 157 Å². The first-order chi connectivity index (χ1) is 63.9. The van der Waals surface area contributed by atoms with E-state index in [1.165, 1.54) is 266 Å². The lowest BCUT2D eigenvalue weighted by Gasteiger charge is -2.37. The van der Waals surface area contributed by atoms with Crippen molar-refractivity contribution in [1.82, 2.24) is 78.8 Å². The maximum absolute atomic E-state index is 15.2. The number of esters is 1. The maximum Gasteiger partial charge on any atom is 0.306 e. The second kappa shape index (κ2) is 61.6. The molecular weight excluding hydrogens is 1850 g/mol. The Balaban J connectivity index is 8.41. The first kappa shape index (κ1) is 130. The molecule has 0 radical (unpaired) electrons. The van der Waals surface area contributed by atoms with Crippen molar-refractivity contribution in [1.29, 1.82) is 0 Å². The van der Waals surface area contributed by atoms with Crippen molar-refractivity contribution in [2.75, 3.05) is 229 Å². The Morgan fingerprint density at radius 3 is 0.662 bits per heavy atom. The third kappa shape index (κ3) is 45.3. The van der Waals surface area contributed by atoms with Crippen molar-refractivity contribution in [3.8, 4) is 0 Å². The van der Waals surface area contributed by atoms with Crippen LogP contribution >= 0.6 is 35.7 Å². The predicted molar refractivity (Wildman–Crippen MR) is 545 cm³/mol. The molecule has 0 spiro atoms. The van der Waals surface area contributed by atoms with E-state index >= 15 is 43.2 Å². The molecule has 0 fully saturated rings. The fourth-order valence-electron chi connectivity index (χ4n) is 17.8. The van der Waals surface area contributed by atoms with Gasteiger partial charge in [-0.05, 0) is 123 Å². The van der Waals surface area contributed by atoms with Crippen LogP contribution in [-0.2, 0) is 101 Å². The fraction of sp³-hybridized carbons (Fsp3) is 0.788. The van der Waals surface area contributed by atoms with E-state index in [0.29, 0.717) is 9.28 Å². The number of thioether (sulfide) groups is 2. The number of ketones is 3. The average molecular weight is 2020 g/mol. The Morgan fingerprint density at radius 2 is 0.453 bits per heavy atom. The largest absolute Gasteiger partial charge is 0.460 e. The molecule has 0 saturated heterocycles. The molecule has 15 unspecified atom stereocenters. The summed E-state index contributed by atoms with van der Waals surface area (Å²) in [6.45, 7) is 10.3. The minimum atomic E-state index is -1.48. The summed E-state index contributed by atoms with van der Waals surface area (Å²) in [6.07, 6.45) is -4.10. The fourth-order valence-corrected chi connectivity index (χ4v) is 20.1. The highest BCUT2D eigenvalue weighted by atomic mass is 32.2. The van der Waals surface area contributed by atoms with Crippen LogP contribution in [0.15, 0.2) is 0 Å². The van der Waals surface area contributed by atoms with Crippen molar-refractivity contribution in [3.63, 3.8) is 0 Å². The van der Waals surface area contributed by atoms with Crippen molar-refractivity contribution in [2.24, 2.45) is 94.2 Å². The number of Topliss-reactive ketones (excluding diaryl/α,β-unsaturated/α-hetero) is 3. The van der Waals surface area contributed by atoms with E-state index in [1.807, 2.05) is 6.92 Å². The summed E-state index contributed by atoms with van der Waals surface area (Å²) in [5.41, 5.74) is -2.20. The first-order valence-corrected chi connectivity index (χ1v) is 50.3. The monoisotopic (exact) mass is 2020 g/mol. The molecule has 0 rings (SSSR count). The van der Waals surface area contributed by atoms with Crippen LogP contribution in [0.1, 0.15) is 183 Å². The predicted octanol–water partition coefficient (Wildman–Crippen LogP) is 6.10. The quantitative estimate of drug-likeness (QED) is 0.0408. The van der Waals surface area contributed by atoms with Gasteiger partial charge in [0.05, 0.1) is 12.3 Å². The zero-order valence-corrected chi connectivity index (χ0v) is 93.3. The van der Waals surface area contributed by atoms with Gasteiger partial charge in [0.15, 0.2) is 0 Å². The number of ether oxygens (including phenoxy) is 1. The topological polar surface area (TPSA) is 411 Å². The smallest absolute Gasteiger partial charge is 0.306 e. The van der Waals surface area contributed by atoms with Gasteiger partial charge in [0.2, 0.25) is 94.5 Å². The van der Waals surface area contributed by atoms with Gasteiger partial charge in [0.1, 0.15) is 26.5 Å². The number of carbonyl (C=O) groups is 20. The molecule has 139 heavy (non-hydrogen) atoms. The van der Waals surface area contributed by atoms with E-state index in [-0.39, 0.29) is 183 Å². The lowest BCUT2D eigenvalue weighted by Crippen LogP contribution is -2.46. The highest BCUT2D eigenvalue weighted by molar-refractivity contribution is 8.47. The zero-order chi connectivity index (χ0) is 108. The molecule has 0 aliphatic carbocycles. The van der Waals surface area contributed by atoms with E-state index in [4.69, 9.17) is 17.0 Å². The van der Waals surface area contributed by atoms with E-state index < -0.39 is 188 Å². The SMILES string of the molecule is CCSC(=S)SCC(CC(CC(CC(CC(CC(CC(CC(CC(CC(CC(CC(CC(CC(CC(C(=O)N(C)C)C(C)(C)C(=O)CCCNC(=O)CCC(=O)CCC(=O)CCC(=O)OC(C)(C)C)C(=O)N(C)C)C(=O)N(C)C)C(=O)N(C)C)C(=O)N(C)C)C(=O)N(C)C)C(=O)N(C)C)C(=O)N(C)C)C(=O)N(C)C)C(=O)N(C)C)C(=O)N(C)C)C(=O)N(C)C)C(=O)N(C)C)C(=O)N(C)C)C(=O)N(C)C. The summed E-state index contributed by atoms with van der Waals surface area (Å²) in [7, 11) is 45.7. The van der Waals surface area contributed by atoms with Gasteiger partial charge in [-0.3, -0.25) is 95.9 Å². The Hall–Kier alpha value is -9.21. The molecule has 15 atom stereocenters. The van der Waals surface area contributed by atoms with Gasteiger partial charge in [-0.15, -0.1) is 23.5 Å². The molecule has 0 aliphatic heterocycles. The second-order valence-electron chi connectivity index (χ2n) is 41.9. The minimum absolute atomic E-state index is 0.0212. The molecule has 794 valence electrons. The van der Waals surface area contributed by atoms with Crippen LogP contribution in [-0.4, -0.2) is 430 Å². The lowest BCUT2D eigenvalue weighted by molar-refractivity contribution is -0.156. The highest BCUT2D eigenvalue weighted by Crippen LogP contribution is 2.43. The third-order valence-electron chi connectivity index (χ3n) is 25.2. The molecule has 0 aromatic heterocycles. The molecule has 40 heteroatoms. The van der Waals surface area contributed by atoms with Gasteiger partial charge in [0.25, 0.3) is 0 Å². The summed E-state index contributed by atoms with van der Waals surface area (Å²) < 4.78 is 5.87. The summed E-state index contributed by atoms with van der Waals surface area (Å²) in [5.74, 6) is -25.3. The number of hydrogen-bond acceptors (Lipinski definition) is 24. The molecular formula is C99H174N16O21S3.